The molecule has 0 bridgehead atoms. The Kier molecular flexibility index (Phi) is 3.20. The molecule has 19 heavy (non-hydrogen) atoms. The van der Waals surface area contributed by atoms with Crippen LogP contribution < -0.4 is 0 Å². The number of nitrogens with one attached hydrogen (secondary N) is 1. The molecule has 2 aromatic heterocycles. The highest BCUT2D eigenvalue weighted by atomic mass is 79.9. The van der Waals surface area contributed by atoms with Crippen molar-refractivity contribution in [3.8, 4) is 5.69 Å². The average Bonchev–Trinajstić information content (AvgIpc) is 2.68. The van der Waals surface area contributed by atoms with E-state index in [1.54, 1.807) is 6.20 Å². The van der Waals surface area contributed by atoms with E-state index < -0.39 is 0 Å². The molecule has 0 saturated carbocycles. The van der Waals surface area contributed by atoms with Crippen molar-refractivity contribution in [2.24, 2.45) is 0 Å². The molecule has 3 aromatic rings. The van der Waals surface area contributed by atoms with Crippen molar-refractivity contribution < 1.29 is 0 Å². The number of pyridine rings is 1. The number of hydrogen-bond acceptors (Lipinski definition) is 2. The van der Waals surface area contributed by atoms with Gasteiger partial charge in [0.15, 0.2) is 10.4 Å². The minimum Gasteiger partial charge on any atom is -0.329 e. The predicted octanol–water partition coefficient (Wildman–Crippen LogP) is 4.81. The maximum atomic E-state index is 5.94. The van der Waals surface area contributed by atoms with Crippen molar-refractivity contribution in [2.75, 3.05) is 0 Å². The summed E-state index contributed by atoms with van der Waals surface area (Å²) >= 11 is 14.8. The SMILES string of the molecule is Cc1cc(-n2c(=S)[nH]c3cc(Cl)cnc32)ccc1Br. The van der Waals surface area contributed by atoms with E-state index in [4.69, 9.17) is 23.8 Å². The number of aromatic amines is 1. The number of benzene rings is 1. The summed E-state index contributed by atoms with van der Waals surface area (Å²) in [7, 11) is 0. The van der Waals surface area contributed by atoms with Gasteiger partial charge < -0.3 is 4.98 Å². The minimum atomic E-state index is 0.586. The van der Waals surface area contributed by atoms with Crippen LogP contribution in [0.1, 0.15) is 5.56 Å². The Hall–Kier alpha value is -1.17. The standard InChI is InChI=1S/C13H9BrClN3S/c1-7-4-9(2-3-10(7)14)18-12-11(17-13(18)19)5-8(15)6-16-12/h2-6H,1H3,(H,17,19). The first-order valence-corrected chi connectivity index (χ1v) is 7.17. The van der Waals surface area contributed by atoms with Crippen molar-refractivity contribution in [3.63, 3.8) is 0 Å². The molecule has 1 aromatic carbocycles. The van der Waals surface area contributed by atoms with Gasteiger partial charge in [0.2, 0.25) is 0 Å². The van der Waals surface area contributed by atoms with Crippen LogP contribution in [0.3, 0.4) is 0 Å². The molecule has 0 spiro atoms. The third kappa shape index (κ3) is 2.22. The molecule has 0 atom stereocenters. The second kappa shape index (κ2) is 4.74. The fourth-order valence-corrected chi connectivity index (χ4v) is 2.68. The lowest BCUT2D eigenvalue weighted by atomic mass is 10.2. The van der Waals surface area contributed by atoms with Gasteiger partial charge in [-0.15, -0.1) is 0 Å². The Morgan fingerprint density at radius 2 is 2.16 bits per heavy atom. The van der Waals surface area contributed by atoms with E-state index in [-0.39, 0.29) is 0 Å². The van der Waals surface area contributed by atoms with Crippen molar-refractivity contribution in [1.82, 2.24) is 14.5 Å². The molecule has 2 heterocycles. The third-order valence-electron chi connectivity index (χ3n) is 2.89. The van der Waals surface area contributed by atoms with E-state index in [1.165, 1.54) is 0 Å². The number of aryl methyl sites for hydroxylation is 1. The zero-order valence-electron chi connectivity index (χ0n) is 9.95. The Morgan fingerprint density at radius 1 is 1.37 bits per heavy atom. The van der Waals surface area contributed by atoms with Gasteiger partial charge in [0.1, 0.15) is 0 Å². The van der Waals surface area contributed by atoms with Gasteiger partial charge in [-0.3, -0.25) is 4.57 Å². The maximum absolute atomic E-state index is 5.94. The Morgan fingerprint density at radius 3 is 2.89 bits per heavy atom. The molecule has 0 radical (unpaired) electrons. The summed E-state index contributed by atoms with van der Waals surface area (Å²) in [5.41, 5.74) is 3.73. The lowest BCUT2D eigenvalue weighted by Crippen LogP contribution is -1.96. The lowest BCUT2D eigenvalue weighted by molar-refractivity contribution is 1.04. The molecule has 0 amide bonds. The molecule has 3 nitrogen and oxygen atoms in total. The van der Waals surface area contributed by atoms with Crippen molar-refractivity contribution >= 4 is 50.9 Å². The van der Waals surface area contributed by atoms with Gasteiger partial charge in [-0.2, -0.15) is 0 Å². The summed E-state index contributed by atoms with van der Waals surface area (Å²) in [4.78, 5) is 7.47. The van der Waals surface area contributed by atoms with E-state index in [0.717, 1.165) is 26.9 Å². The number of nitrogens with zero attached hydrogens (tertiary/aromatic N) is 2. The van der Waals surface area contributed by atoms with Gasteiger partial charge in [0, 0.05) is 10.7 Å². The highest BCUT2D eigenvalue weighted by Gasteiger charge is 2.09. The van der Waals surface area contributed by atoms with Crippen molar-refractivity contribution in [2.45, 2.75) is 6.92 Å². The monoisotopic (exact) mass is 353 g/mol. The number of rotatable bonds is 1. The zero-order valence-corrected chi connectivity index (χ0v) is 13.1. The van der Waals surface area contributed by atoms with Gasteiger partial charge >= 0.3 is 0 Å². The minimum absolute atomic E-state index is 0.586. The summed E-state index contributed by atoms with van der Waals surface area (Å²) in [6.45, 7) is 2.04. The molecule has 0 saturated heterocycles. The van der Waals surface area contributed by atoms with Crippen LogP contribution in [0.2, 0.25) is 5.02 Å². The molecule has 0 fully saturated rings. The summed E-state index contributed by atoms with van der Waals surface area (Å²) in [5.74, 6) is 0. The third-order valence-corrected chi connectivity index (χ3v) is 4.27. The van der Waals surface area contributed by atoms with Crippen LogP contribution in [0.4, 0.5) is 0 Å². The molecule has 1 N–H and O–H groups in total. The molecule has 3 rings (SSSR count). The fourth-order valence-electron chi connectivity index (χ4n) is 1.98. The van der Waals surface area contributed by atoms with Crippen LogP contribution in [0, 0.1) is 11.7 Å². The first-order chi connectivity index (χ1) is 9.06. The predicted molar refractivity (Wildman–Crippen MR) is 83.7 cm³/mol. The van der Waals surface area contributed by atoms with E-state index in [9.17, 15) is 0 Å². The first kappa shape index (κ1) is 12.8. The van der Waals surface area contributed by atoms with Crippen molar-refractivity contribution in [1.29, 1.82) is 0 Å². The lowest BCUT2D eigenvalue weighted by Gasteiger charge is -2.06. The van der Waals surface area contributed by atoms with Crippen LogP contribution in [0.15, 0.2) is 34.9 Å². The average molecular weight is 355 g/mol. The van der Waals surface area contributed by atoms with Crippen LogP contribution in [-0.2, 0) is 0 Å². The molecule has 0 unspecified atom stereocenters. The topological polar surface area (TPSA) is 33.6 Å². The highest BCUT2D eigenvalue weighted by Crippen LogP contribution is 2.24. The van der Waals surface area contributed by atoms with Crippen LogP contribution in [0.25, 0.3) is 16.9 Å². The van der Waals surface area contributed by atoms with Crippen LogP contribution >= 0.6 is 39.7 Å². The summed E-state index contributed by atoms with van der Waals surface area (Å²) in [6, 6.07) is 7.88. The van der Waals surface area contributed by atoms with Crippen molar-refractivity contribution in [3.05, 3.63) is 50.3 Å². The molecule has 96 valence electrons. The van der Waals surface area contributed by atoms with Gasteiger partial charge in [0.25, 0.3) is 0 Å². The Balaban J connectivity index is 2.32. The fraction of sp³-hybridized carbons (Fsp3) is 0.0769. The van der Waals surface area contributed by atoms with Crippen LogP contribution in [0.5, 0.6) is 0 Å². The number of H-pyrrole nitrogens is 1. The summed E-state index contributed by atoms with van der Waals surface area (Å²) in [5, 5.41) is 0.586. The van der Waals surface area contributed by atoms with E-state index in [1.807, 2.05) is 29.7 Å². The number of hydrogen-bond donors (Lipinski definition) is 1. The van der Waals surface area contributed by atoms with E-state index >= 15 is 0 Å². The largest absolute Gasteiger partial charge is 0.329 e. The molecule has 0 aliphatic heterocycles. The number of aromatic nitrogens is 3. The van der Waals surface area contributed by atoms with Crippen LogP contribution in [-0.4, -0.2) is 14.5 Å². The molecular formula is C13H9BrClN3S. The second-order valence-corrected chi connectivity index (χ2v) is 5.90. The molecule has 0 aliphatic carbocycles. The number of fused-ring (bicyclic) bond motifs is 1. The smallest absolute Gasteiger partial charge is 0.183 e. The highest BCUT2D eigenvalue weighted by molar-refractivity contribution is 9.10. The second-order valence-electron chi connectivity index (χ2n) is 4.22. The Labute approximate surface area is 128 Å². The van der Waals surface area contributed by atoms with Gasteiger partial charge in [-0.05, 0) is 49.0 Å². The van der Waals surface area contributed by atoms with Gasteiger partial charge in [0.05, 0.1) is 16.2 Å². The number of imidazole rings is 1. The zero-order chi connectivity index (χ0) is 13.6. The first-order valence-electron chi connectivity index (χ1n) is 5.59. The number of halogens is 2. The summed E-state index contributed by atoms with van der Waals surface area (Å²) in [6.07, 6.45) is 1.62. The quantitative estimate of drug-likeness (QED) is 0.636. The summed E-state index contributed by atoms with van der Waals surface area (Å²) < 4.78 is 3.57. The Bertz CT molecular complexity index is 838. The normalized spacial score (nSPS) is 11.1. The van der Waals surface area contributed by atoms with Gasteiger partial charge in [-0.1, -0.05) is 27.5 Å². The molecule has 6 heteroatoms. The molecular weight excluding hydrogens is 346 g/mol. The molecule has 0 aliphatic rings. The maximum Gasteiger partial charge on any atom is 0.183 e. The van der Waals surface area contributed by atoms with Gasteiger partial charge in [-0.25, -0.2) is 4.98 Å². The van der Waals surface area contributed by atoms with E-state index in [0.29, 0.717) is 9.79 Å². The van der Waals surface area contributed by atoms with E-state index in [2.05, 4.69) is 32.0 Å².